The molecule has 0 bridgehead atoms. The van der Waals surface area contributed by atoms with Gasteiger partial charge in [0.15, 0.2) is 0 Å². The van der Waals surface area contributed by atoms with Crippen LogP contribution in [0.2, 0.25) is 10.0 Å². The number of carbonyl (C=O) groups is 1. The molecule has 0 spiro atoms. The Bertz CT molecular complexity index is 1300. The number of hydrogen-bond acceptors (Lipinski definition) is 4. The fourth-order valence-electron chi connectivity index (χ4n) is 3.60. The maximum atomic E-state index is 12.7. The Kier molecular flexibility index (Phi) is 7.14. The second-order valence-electron chi connectivity index (χ2n) is 7.58. The van der Waals surface area contributed by atoms with E-state index in [1.54, 1.807) is 17.0 Å². The molecule has 168 valence electrons. The summed E-state index contributed by atoms with van der Waals surface area (Å²) in [7, 11) is 0. The molecule has 0 fully saturated rings. The lowest BCUT2D eigenvalue weighted by Crippen LogP contribution is -2.36. The van der Waals surface area contributed by atoms with E-state index < -0.39 is 0 Å². The van der Waals surface area contributed by atoms with E-state index in [1.807, 2.05) is 67.6 Å². The monoisotopic (exact) mass is 479 g/mol. The van der Waals surface area contributed by atoms with Gasteiger partial charge >= 0.3 is 0 Å². The number of amides is 1. The molecule has 3 aromatic carbocycles. The molecule has 0 radical (unpaired) electrons. The molecule has 2 N–H and O–H groups in total. The van der Waals surface area contributed by atoms with E-state index in [9.17, 15) is 4.79 Å². The van der Waals surface area contributed by atoms with Crippen molar-refractivity contribution in [3.8, 4) is 5.75 Å². The summed E-state index contributed by atoms with van der Waals surface area (Å²) in [6, 6.07) is 22.9. The van der Waals surface area contributed by atoms with Crippen LogP contribution >= 0.6 is 23.2 Å². The SMILES string of the molecule is Cc1nc2ccccc2cc1OCc1c(Cl)ccc(N(Cc2ccccc2)C(=O)CN)c1Cl. The highest BCUT2D eigenvalue weighted by molar-refractivity contribution is 6.38. The Balaban J connectivity index is 1.64. The van der Waals surface area contributed by atoms with Crippen LogP contribution in [0.5, 0.6) is 5.75 Å². The topological polar surface area (TPSA) is 68.5 Å². The Morgan fingerprint density at radius 1 is 1.03 bits per heavy atom. The van der Waals surface area contributed by atoms with Gasteiger partial charge in [-0.15, -0.1) is 0 Å². The van der Waals surface area contributed by atoms with E-state index in [1.165, 1.54) is 0 Å². The van der Waals surface area contributed by atoms with E-state index in [4.69, 9.17) is 33.7 Å². The number of nitrogens with two attached hydrogens (primary N) is 1. The predicted octanol–water partition coefficient (Wildman–Crippen LogP) is 5.92. The predicted molar refractivity (Wildman–Crippen MR) is 134 cm³/mol. The summed E-state index contributed by atoms with van der Waals surface area (Å²) in [5, 5.41) is 1.79. The summed E-state index contributed by atoms with van der Waals surface area (Å²) in [6.45, 7) is 2.22. The molecule has 4 aromatic rings. The third-order valence-corrected chi connectivity index (χ3v) is 6.13. The van der Waals surface area contributed by atoms with Gasteiger partial charge in [0.1, 0.15) is 12.4 Å². The summed E-state index contributed by atoms with van der Waals surface area (Å²) >= 11 is 13.2. The first-order valence-electron chi connectivity index (χ1n) is 10.5. The molecule has 0 aliphatic carbocycles. The van der Waals surface area contributed by atoms with Gasteiger partial charge in [-0.3, -0.25) is 4.79 Å². The van der Waals surface area contributed by atoms with Crippen LogP contribution in [0.1, 0.15) is 16.8 Å². The number of hydrogen-bond donors (Lipinski definition) is 1. The number of fused-ring (bicyclic) bond motifs is 1. The van der Waals surface area contributed by atoms with Gasteiger partial charge in [0, 0.05) is 16.0 Å². The van der Waals surface area contributed by atoms with E-state index in [0.29, 0.717) is 33.6 Å². The second-order valence-corrected chi connectivity index (χ2v) is 8.37. The highest BCUT2D eigenvalue weighted by atomic mass is 35.5. The molecule has 1 aromatic heterocycles. The Morgan fingerprint density at radius 3 is 2.52 bits per heavy atom. The fraction of sp³-hybridized carbons (Fsp3) is 0.154. The van der Waals surface area contributed by atoms with Gasteiger partial charge in [-0.1, -0.05) is 71.7 Å². The highest BCUT2D eigenvalue weighted by Gasteiger charge is 2.21. The molecular weight excluding hydrogens is 457 g/mol. The number of aromatic nitrogens is 1. The Labute approximate surface area is 202 Å². The zero-order valence-corrected chi connectivity index (χ0v) is 19.6. The van der Waals surface area contributed by atoms with Crippen LogP contribution in [0.3, 0.4) is 0 Å². The lowest BCUT2D eigenvalue weighted by Gasteiger charge is -2.25. The lowest BCUT2D eigenvalue weighted by atomic mass is 10.1. The van der Waals surface area contributed by atoms with Gasteiger partial charge < -0.3 is 15.4 Å². The van der Waals surface area contributed by atoms with Crippen LogP contribution in [-0.2, 0) is 17.9 Å². The number of nitrogens with zero attached hydrogens (tertiary/aromatic N) is 2. The Morgan fingerprint density at radius 2 is 1.76 bits per heavy atom. The number of para-hydroxylation sites is 1. The highest BCUT2D eigenvalue weighted by Crippen LogP contribution is 2.36. The number of aryl methyl sites for hydroxylation is 1. The standard InChI is InChI=1S/C26H23Cl2N3O2/c1-17-24(13-19-9-5-6-10-22(19)30-17)33-16-20-21(27)11-12-23(26(20)28)31(25(32)14-29)15-18-7-3-2-4-8-18/h2-13H,14-16,29H2,1H3. The number of pyridine rings is 1. The summed E-state index contributed by atoms with van der Waals surface area (Å²) in [5.74, 6) is 0.398. The number of anilines is 1. The van der Waals surface area contributed by atoms with Crippen molar-refractivity contribution in [2.45, 2.75) is 20.1 Å². The number of rotatable bonds is 7. The number of benzene rings is 3. The maximum Gasteiger partial charge on any atom is 0.241 e. The van der Waals surface area contributed by atoms with Gasteiger partial charge in [0.25, 0.3) is 0 Å². The van der Waals surface area contributed by atoms with E-state index in [2.05, 4.69) is 4.98 Å². The van der Waals surface area contributed by atoms with Crippen LogP contribution in [0, 0.1) is 6.92 Å². The molecule has 33 heavy (non-hydrogen) atoms. The van der Waals surface area contributed by atoms with Crippen LogP contribution in [0.4, 0.5) is 5.69 Å². The van der Waals surface area contributed by atoms with Crippen molar-refractivity contribution < 1.29 is 9.53 Å². The molecule has 0 aliphatic heterocycles. The van der Waals surface area contributed by atoms with Gasteiger partial charge in [0.05, 0.1) is 35.0 Å². The molecule has 0 saturated carbocycles. The average molecular weight is 480 g/mol. The van der Waals surface area contributed by atoms with Crippen molar-refractivity contribution in [2.24, 2.45) is 5.73 Å². The molecule has 0 saturated heterocycles. The largest absolute Gasteiger partial charge is 0.487 e. The molecule has 0 atom stereocenters. The molecule has 4 rings (SSSR count). The van der Waals surface area contributed by atoms with Crippen LogP contribution in [-0.4, -0.2) is 17.4 Å². The molecule has 7 heteroatoms. The number of halogens is 2. The van der Waals surface area contributed by atoms with Gasteiger partial charge in [-0.2, -0.15) is 0 Å². The molecule has 0 aliphatic rings. The minimum absolute atomic E-state index is 0.127. The maximum absolute atomic E-state index is 12.7. The van der Waals surface area contributed by atoms with Gasteiger partial charge in [-0.05, 0) is 36.8 Å². The quantitative estimate of drug-likeness (QED) is 0.357. The molecule has 0 unspecified atom stereocenters. The molecule has 5 nitrogen and oxygen atoms in total. The summed E-state index contributed by atoms with van der Waals surface area (Å²) in [6.07, 6.45) is 0. The first-order valence-corrected chi connectivity index (χ1v) is 11.2. The van der Waals surface area contributed by atoms with Gasteiger partial charge in [0.2, 0.25) is 5.91 Å². The summed E-state index contributed by atoms with van der Waals surface area (Å²) in [5.41, 5.74) is 9.43. The van der Waals surface area contributed by atoms with Crippen molar-refractivity contribution in [3.05, 3.63) is 99.7 Å². The smallest absolute Gasteiger partial charge is 0.241 e. The van der Waals surface area contributed by atoms with E-state index in [-0.39, 0.29) is 19.1 Å². The zero-order valence-electron chi connectivity index (χ0n) is 18.1. The molecule has 1 amide bonds. The van der Waals surface area contributed by atoms with Crippen molar-refractivity contribution in [1.29, 1.82) is 0 Å². The third-order valence-electron chi connectivity index (χ3n) is 5.36. The lowest BCUT2D eigenvalue weighted by molar-refractivity contribution is -0.117. The van der Waals surface area contributed by atoms with Crippen LogP contribution < -0.4 is 15.4 Å². The number of ether oxygens (including phenoxy) is 1. The zero-order chi connectivity index (χ0) is 23.4. The third kappa shape index (κ3) is 5.11. The summed E-state index contributed by atoms with van der Waals surface area (Å²) < 4.78 is 6.07. The first kappa shape index (κ1) is 23.1. The van der Waals surface area contributed by atoms with Crippen molar-refractivity contribution in [3.63, 3.8) is 0 Å². The van der Waals surface area contributed by atoms with Gasteiger partial charge in [-0.25, -0.2) is 4.98 Å². The number of carbonyl (C=O) groups excluding carboxylic acids is 1. The fourth-order valence-corrected chi connectivity index (χ4v) is 4.18. The average Bonchev–Trinajstić information content (AvgIpc) is 2.83. The van der Waals surface area contributed by atoms with Crippen molar-refractivity contribution in [1.82, 2.24) is 4.98 Å². The van der Waals surface area contributed by atoms with Crippen LogP contribution in [0.25, 0.3) is 10.9 Å². The minimum Gasteiger partial charge on any atom is -0.487 e. The van der Waals surface area contributed by atoms with Crippen molar-refractivity contribution in [2.75, 3.05) is 11.4 Å². The second kappa shape index (κ2) is 10.2. The van der Waals surface area contributed by atoms with E-state index >= 15 is 0 Å². The Hall–Kier alpha value is -3.12. The summed E-state index contributed by atoms with van der Waals surface area (Å²) in [4.78, 5) is 18.9. The first-order chi connectivity index (χ1) is 16.0. The van der Waals surface area contributed by atoms with E-state index in [0.717, 1.165) is 22.2 Å². The normalized spacial score (nSPS) is 10.9. The van der Waals surface area contributed by atoms with Crippen LogP contribution in [0.15, 0.2) is 72.8 Å². The minimum atomic E-state index is -0.246. The molecular formula is C26H23Cl2N3O2. The van der Waals surface area contributed by atoms with Crippen molar-refractivity contribution >= 4 is 45.7 Å². The molecule has 1 heterocycles.